The number of carboxylic acids is 1. The van der Waals surface area contributed by atoms with Crippen LogP contribution >= 0.6 is 11.3 Å². The molecule has 1 saturated heterocycles. The van der Waals surface area contributed by atoms with E-state index in [2.05, 4.69) is 24.4 Å². The number of hydroxylamine groups is 2. The molecule has 1 fully saturated rings. The molecule has 0 bridgehead atoms. The molecule has 3 aromatic rings. The van der Waals surface area contributed by atoms with Gasteiger partial charge in [-0.2, -0.15) is 14.0 Å². The van der Waals surface area contributed by atoms with Gasteiger partial charge in [-0.1, -0.05) is 17.3 Å². The fourth-order valence-electron chi connectivity index (χ4n) is 4.74. The number of benzene rings is 1. The van der Waals surface area contributed by atoms with Gasteiger partial charge in [-0.05, 0) is 44.5 Å². The first-order valence-corrected chi connectivity index (χ1v) is 16.3. The number of aliphatic carboxylic acids is 1. The number of hydrogen-bond donors (Lipinski definition) is 4. The normalized spacial score (nSPS) is 16.8. The Bertz CT molecular complexity index is 1770. The minimum atomic E-state index is -5.26. The number of amides is 2. The molecule has 254 valence electrons. The van der Waals surface area contributed by atoms with Gasteiger partial charge in [-0.3, -0.25) is 9.59 Å². The molecular formula is C27H35N9O9S2. The van der Waals surface area contributed by atoms with Crippen molar-refractivity contribution in [1.82, 2.24) is 20.0 Å². The second-order valence-corrected chi connectivity index (χ2v) is 13.0. The van der Waals surface area contributed by atoms with Crippen LogP contribution in [0.4, 0.5) is 10.8 Å². The highest BCUT2D eigenvalue weighted by Crippen LogP contribution is 2.33. The predicted molar refractivity (Wildman–Crippen MR) is 167 cm³/mol. The minimum Gasteiger partial charge on any atom is -0.724 e. The number of aryl methyl sites for hydroxylation is 2. The summed E-state index contributed by atoms with van der Waals surface area (Å²) < 4.78 is 41.2. The van der Waals surface area contributed by atoms with Gasteiger partial charge in [0.15, 0.2) is 17.9 Å². The molecule has 0 aliphatic carbocycles. The lowest BCUT2D eigenvalue weighted by Gasteiger charge is -2.51. The quantitative estimate of drug-likeness (QED) is 0.0379. The number of nitrogens with two attached hydrogens (primary N) is 2. The largest absolute Gasteiger partial charge is 0.724 e. The lowest BCUT2D eigenvalue weighted by atomic mass is 9.84. The van der Waals surface area contributed by atoms with E-state index in [9.17, 15) is 32.5 Å². The van der Waals surface area contributed by atoms with E-state index in [1.54, 1.807) is 11.9 Å². The number of thiazole rings is 1. The van der Waals surface area contributed by atoms with Crippen molar-refractivity contribution in [2.24, 2.45) is 17.9 Å². The molecule has 18 nitrogen and oxygen atoms in total. The first-order chi connectivity index (χ1) is 22.0. The van der Waals surface area contributed by atoms with Gasteiger partial charge in [-0.25, -0.2) is 18.2 Å². The van der Waals surface area contributed by atoms with Gasteiger partial charge in [0.2, 0.25) is 22.7 Å². The van der Waals surface area contributed by atoms with Crippen LogP contribution in [-0.4, -0.2) is 94.1 Å². The highest BCUT2D eigenvalue weighted by atomic mass is 32.3. The summed E-state index contributed by atoms with van der Waals surface area (Å²) in [5.74, 6) is -3.40. The fourth-order valence-corrected chi connectivity index (χ4v) is 5.73. The molecule has 2 aromatic heterocycles. The van der Waals surface area contributed by atoms with Crippen LogP contribution < -0.4 is 26.4 Å². The van der Waals surface area contributed by atoms with E-state index in [-0.39, 0.29) is 17.4 Å². The molecule has 3 heterocycles. The van der Waals surface area contributed by atoms with Crippen LogP contribution in [0, 0.1) is 0 Å². The smallest absolute Gasteiger partial charge is 0.349 e. The fraction of sp³-hybridized carbons (Fsp3) is 0.407. The lowest BCUT2D eigenvalue weighted by molar-refractivity contribution is -0.753. The third-order valence-corrected chi connectivity index (χ3v) is 8.34. The van der Waals surface area contributed by atoms with Crippen LogP contribution in [0.15, 0.2) is 47.2 Å². The highest BCUT2D eigenvalue weighted by molar-refractivity contribution is 7.80. The maximum Gasteiger partial charge on any atom is 0.349 e. The number of anilines is 2. The number of rotatable bonds is 15. The molecule has 1 aromatic carbocycles. The van der Waals surface area contributed by atoms with Crippen LogP contribution in [0.2, 0.25) is 0 Å². The topological polar surface area (TPSA) is 252 Å². The summed E-state index contributed by atoms with van der Waals surface area (Å²) in [6.45, 7) is 3.89. The van der Waals surface area contributed by atoms with Crippen LogP contribution in [0.1, 0.15) is 26.0 Å². The van der Waals surface area contributed by atoms with Gasteiger partial charge in [0, 0.05) is 18.1 Å². The number of carboxylic acid groups (broad SMARTS) is 1. The maximum atomic E-state index is 13.3. The molecule has 1 aliphatic rings. The van der Waals surface area contributed by atoms with E-state index in [0.29, 0.717) is 17.3 Å². The van der Waals surface area contributed by atoms with Crippen molar-refractivity contribution in [3.63, 3.8) is 0 Å². The predicted octanol–water partition coefficient (Wildman–Crippen LogP) is -0.825. The van der Waals surface area contributed by atoms with Crippen molar-refractivity contribution >= 4 is 56.1 Å². The second-order valence-electron chi connectivity index (χ2n) is 11.1. The molecule has 6 N–H and O–H groups in total. The van der Waals surface area contributed by atoms with Crippen molar-refractivity contribution in [2.75, 3.05) is 30.8 Å². The number of aromatic nitrogens is 3. The number of nitrogens with zero attached hydrogens (tertiary/aromatic N) is 6. The molecular weight excluding hydrogens is 658 g/mol. The number of hydrogen-bond acceptors (Lipinski definition) is 14. The number of oxime groups is 1. The highest BCUT2D eigenvalue weighted by Gasteiger charge is 2.57. The van der Waals surface area contributed by atoms with Crippen LogP contribution in [0.25, 0.3) is 11.1 Å². The summed E-state index contributed by atoms with van der Waals surface area (Å²) in [6, 6.07) is 6.12. The Kier molecular flexibility index (Phi) is 10.5. The molecule has 2 amide bonds. The Morgan fingerprint density at radius 1 is 1.30 bits per heavy atom. The van der Waals surface area contributed by atoms with Gasteiger partial charge >= 0.3 is 5.97 Å². The molecule has 47 heavy (non-hydrogen) atoms. The average molecular weight is 694 g/mol. The van der Waals surface area contributed by atoms with Crippen LogP contribution in [0.5, 0.6) is 0 Å². The molecule has 0 saturated carbocycles. The molecule has 4 rings (SSSR count). The van der Waals surface area contributed by atoms with E-state index in [1.165, 1.54) is 19.2 Å². The third-order valence-electron chi connectivity index (χ3n) is 7.34. The number of β-lactam (4-membered cyclic amide) rings is 1. The zero-order chi connectivity index (χ0) is 34.7. The van der Waals surface area contributed by atoms with E-state index < -0.39 is 51.6 Å². The Balaban J connectivity index is 1.48. The Morgan fingerprint density at radius 2 is 1.98 bits per heavy atom. The monoisotopic (exact) mass is 693 g/mol. The number of carbonyl (C=O) groups excluding carboxylic acids is 2. The Morgan fingerprint density at radius 3 is 2.53 bits per heavy atom. The Labute approximate surface area is 274 Å². The van der Waals surface area contributed by atoms with E-state index in [4.69, 9.17) is 16.3 Å². The zero-order valence-electron chi connectivity index (χ0n) is 25.9. The Hall–Kier alpha value is -4.63. The second kappa shape index (κ2) is 14.0. The molecule has 0 spiro atoms. The number of nitrogens with one attached hydrogen (secondary N) is 1. The van der Waals surface area contributed by atoms with Gasteiger partial charge in [-0.15, -0.1) is 16.0 Å². The zero-order valence-corrected chi connectivity index (χ0v) is 27.5. The van der Waals surface area contributed by atoms with Crippen molar-refractivity contribution in [3.8, 4) is 11.1 Å². The summed E-state index contributed by atoms with van der Waals surface area (Å²) in [5.41, 5.74) is 12.0. The van der Waals surface area contributed by atoms with Gasteiger partial charge in [0.25, 0.3) is 11.8 Å². The summed E-state index contributed by atoms with van der Waals surface area (Å²) in [6.07, 6.45) is 3.31. The summed E-state index contributed by atoms with van der Waals surface area (Å²) in [7, 11) is -1.66. The maximum absolute atomic E-state index is 13.3. The molecule has 1 unspecified atom stereocenters. The van der Waals surface area contributed by atoms with Crippen LogP contribution in [-0.2, 0) is 47.5 Å². The lowest BCUT2D eigenvalue weighted by Crippen LogP contribution is -2.76. The van der Waals surface area contributed by atoms with E-state index in [0.717, 1.165) is 35.4 Å². The number of likely N-dealkylation sites (N-methyl/N-ethyl adjacent to an activating group) is 1. The van der Waals surface area contributed by atoms with Gasteiger partial charge < -0.3 is 36.2 Å². The van der Waals surface area contributed by atoms with Crippen molar-refractivity contribution in [3.05, 3.63) is 47.7 Å². The van der Waals surface area contributed by atoms with Gasteiger partial charge in [0.1, 0.15) is 11.7 Å². The minimum absolute atomic E-state index is 0.0665. The van der Waals surface area contributed by atoms with E-state index >= 15 is 0 Å². The third kappa shape index (κ3) is 8.21. The first-order valence-electron chi connectivity index (χ1n) is 14.1. The summed E-state index contributed by atoms with van der Waals surface area (Å²) >= 11 is 0.971. The average Bonchev–Trinajstić information content (AvgIpc) is 3.61. The number of carbonyl (C=O) groups is 3. The van der Waals surface area contributed by atoms with Crippen molar-refractivity contribution in [1.29, 1.82) is 0 Å². The van der Waals surface area contributed by atoms with Gasteiger partial charge in [0.05, 0.1) is 30.4 Å². The van der Waals surface area contributed by atoms with E-state index in [1.807, 2.05) is 48.4 Å². The SMILES string of the molecule is CN(CC(ON=C(C(=O)N[C@@H]1C(=O)N(OS(=O)(=O)[O-])C1(C)C)c1csc(N)n1)C(=O)O)c1ccc(-c2cn(CCCN)[n+](C)c2)cc1. The summed E-state index contributed by atoms with van der Waals surface area (Å²) in [5, 5.41) is 17.8. The summed E-state index contributed by atoms with van der Waals surface area (Å²) in [4.78, 5) is 48.9. The molecule has 20 heteroatoms. The first kappa shape index (κ1) is 35.2. The van der Waals surface area contributed by atoms with Crippen LogP contribution in [0.3, 0.4) is 0 Å². The van der Waals surface area contributed by atoms with Crippen molar-refractivity contribution in [2.45, 2.75) is 44.5 Å². The molecule has 2 atom stereocenters. The standard InChI is InChI=1S/C27H35N9O9S2/c1-27(2)22(24(38)36(27)45-47(41,42)43)31-23(37)21(19-15-46-26(29)30-19)32-44-20(25(39)40)14-33(3)18-8-6-16(7-9-18)17-12-34(4)35(13-17)11-5-10-28/h6-9,12-13,15,20,22H,5,10-11,14,28H2,1-4H3,(H4-,29,30,31,37,39,40,41,42,43)/t20?,22-/m1/s1. The molecule has 1 aliphatic heterocycles. The van der Waals surface area contributed by atoms with Crippen molar-refractivity contribution < 1.29 is 46.3 Å². The number of nitrogen functional groups attached to an aromatic ring is 1. The molecule has 0 radical (unpaired) electrons.